The molecule has 0 saturated heterocycles. The largest absolute Gasteiger partial charge is 0.371 e. The molecule has 106 valence electrons. The van der Waals surface area contributed by atoms with Gasteiger partial charge < -0.3 is 10.3 Å². The number of benzene rings is 1. The second-order valence-corrected chi connectivity index (χ2v) is 6.00. The molecule has 2 atom stereocenters. The minimum atomic E-state index is -0.0118. The summed E-state index contributed by atoms with van der Waals surface area (Å²) in [5.41, 5.74) is -0.0118. The Morgan fingerprint density at radius 2 is 2.05 bits per heavy atom. The molecule has 0 amide bonds. The van der Waals surface area contributed by atoms with Crippen molar-refractivity contribution in [3.63, 3.8) is 0 Å². The highest BCUT2D eigenvalue weighted by Crippen LogP contribution is 2.29. The van der Waals surface area contributed by atoms with E-state index in [1.54, 1.807) is 0 Å². The lowest BCUT2D eigenvalue weighted by molar-refractivity contribution is 0.268. The van der Waals surface area contributed by atoms with Gasteiger partial charge >= 0.3 is 0 Å². The summed E-state index contributed by atoms with van der Waals surface area (Å²) in [6, 6.07) is 9.74. The van der Waals surface area contributed by atoms with Gasteiger partial charge in [0.05, 0.1) is 0 Å². The van der Waals surface area contributed by atoms with Gasteiger partial charge in [-0.1, -0.05) is 44.4 Å². The third-order valence-corrected chi connectivity index (χ3v) is 4.60. The fourth-order valence-electron chi connectivity index (χ4n) is 3.24. The van der Waals surface area contributed by atoms with Gasteiger partial charge in [0.15, 0.2) is 0 Å². The van der Waals surface area contributed by atoms with Crippen LogP contribution in [0.4, 0.5) is 5.82 Å². The van der Waals surface area contributed by atoms with Gasteiger partial charge in [-0.2, -0.15) is 0 Å². The topological polar surface area (TPSA) is 44.9 Å². The molecular weight excluding hydrogens is 248 g/mol. The Labute approximate surface area is 119 Å². The van der Waals surface area contributed by atoms with Gasteiger partial charge in [-0.3, -0.25) is 4.79 Å². The first-order valence-corrected chi connectivity index (χ1v) is 7.60. The van der Waals surface area contributed by atoms with Crippen LogP contribution in [0.15, 0.2) is 35.1 Å². The monoisotopic (exact) mass is 270 g/mol. The van der Waals surface area contributed by atoms with Crippen LogP contribution in [0.25, 0.3) is 10.8 Å². The van der Waals surface area contributed by atoms with Gasteiger partial charge in [-0.15, -0.1) is 0 Å². The zero-order valence-corrected chi connectivity index (χ0v) is 12.0. The molecule has 3 nitrogen and oxygen atoms in total. The summed E-state index contributed by atoms with van der Waals surface area (Å²) in [4.78, 5) is 15.0. The minimum absolute atomic E-state index is 0.0118. The lowest BCUT2D eigenvalue weighted by Crippen LogP contribution is -2.25. The third kappa shape index (κ3) is 2.72. The smallest absolute Gasteiger partial charge is 0.257 e. The van der Waals surface area contributed by atoms with Crippen LogP contribution in [0.1, 0.15) is 32.6 Å². The van der Waals surface area contributed by atoms with Crippen molar-refractivity contribution >= 4 is 16.6 Å². The number of rotatable bonds is 3. The van der Waals surface area contributed by atoms with Crippen molar-refractivity contribution in [3.8, 4) is 0 Å². The van der Waals surface area contributed by atoms with Crippen molar-refractivity contribution in [1.29, 1.82) is 0 Å². The van der Waals surface area contributed by atoms with E-state index in [4.69, 9.17) is 0 Å². The first-order chi connectivity index (χ1) is 9.74. The van der Waals surface area contributed by atoms with Crippen molar-refractivity contribution in [1.82, 2.24) is 4.98 Å². The van der Waals surface area contributed by atoms with Gasteiger partial charge in [0.2, 0.25) is 0 Å². The predicted octanol–water partition coefficient (Wildman–Crippen LogP) is 3.77. The van der Waals surface area contributed by atoms with E-state index >= 15 is 0 Å². The molecule has 2 aromatic rings. The lowest BCUT2D eigenvalue weighted by Gasteiger charge is -2.29. The average molecular weight is 270 g/mol. The molecule has 1 aliphatic carbocycles. The van der Waals surface area contributed by atoms with Crippen LogP contribution in [-0.2, 0) is 0 Å². The van der Waals surface area contributed by atoms with Crippen molar-refractivity contribution in [2.75, 3.05) is 11.9 Å². The second-order valence-electron chi connectivity index (χ2n) is 6.00. The molecule has 1 saturated carbocycles. The molecule has 0 radical (unpaired) electrons. The van der Waals surface area contributed by atoms with E-state index in [1.807, 2.05) is 30.3 Å². The number of nitrogens with one attached hydrogen (secondary N) is 2. The number of fused-ring (bicyclic) bond motifs is 1. The Bertz CT molecular complexity index is 647. The van der Waals surface area contributed by atoms with E-state index in [0.29, 0.717) is 0 Å². The quantitative estimate of drug-likeness (QED) is 0.891. The summed E-state index contributed by atoms with van der Waals surface area (Å²) < 4.78 is 0. The maximum atomic E-state index is 12.0. The highest BCUT2D eigenvalue weighted by Gasteiger charge is 2.20. The number of aromatic amines is 1. The maximum Gasteiger partial charge on any atom is 0.257 e. The molecule has 0 bridgehead atoms. The zero-order chi connectivity index (χ0) is 13.9. The molecule has 1 aromatic carbocycles. The molecule has 3 rings (SSSR count). The van der Waals surface area contributed by atoms with Gasteiger partial charge in [-0.25, -0.2) is 0 Å². The summed E-state index contributed by atoms with van der Waals surface area (Å²) in [6.07, 6.45) is 5.34. The van der Waals surface area contributed by atoms with Gasteiger partial charge in [0.1, 0.15) is 5.82 Å². The van der Waals surface area contributed by atoms with Gasteiger partial charge in [0, 0.05) is 11.9 Å². The lowest BCUT2D eigenvalue weighted by atomic mass is 9.80. The molecule has 20 heavy (non-hydrogen) atoms. The summed E-state index contributed by atoms with van der Waals surface area (Å²) in [5, 5.41) is 5.17. The Hall–Kier alpha value is -1.77. The Morgan fingerprint density at radius 1 is 1.25 bits per heavy atom. The second kappa shape index (κ2) is 5.70. The summed E-state index contributed by atoms with van der Waals surface area (Å²) in [6.45, 7) is 3.30. The van der Waals surface area contributed by atoms with Crippen molar-refractivity contribution in [2.24, 2.45) is 11.8 Å². The van der Waals surface area contributed by atoms with Crippen LogP contribution in [0, 0.1) is 11.8 Å². The third-order valence-electron chi connectivity index (χ3n) is 4.60. The molecule has 0 spiro atoms. The van der Waals surface area contributed by atoms with Gasteiger partial charge in [-0.05, 0) is 35.8 Å². The normalized spacial score (nSPS) is 22.9. The fourth-order valence-corrected chi connectivity index (χ4v) is 3.24. The van der Waals surface area contributed by atoms with Crippen LogP contribution in [0.2, 0.25) is 0 Å². The van der Waals surface area contributed by atoms with E-state index in [2.05, 4.69) is 17.2 Å². The summed E-state index contributed by atoms with van der Waals surface area (Å²) >= 11 is 0. The Balaban J connectivity index is 1.76. The Kier molecular flexibility index (Phi) is 3.77. The fraction of sp³-hybridized carbons (Fsp3) is 0.471. The van der Waals surface area contributed by atoms with Crippen LogP contribution in [0.3, 0.4) is 0 Å². The van der Waals surface area contributed by atoms with Crippen molar-refractivity contribution < 1.29 is 0 Å². The summed E-state index contributed by atoms with van der Waals surface area (Å²) in [5.74, 6) is 2.34. The van der Waals surface area contributed by atoms with E-state index in [9.17, 15) is 4.79 Å². The Morgan fingerprint density at radius 3 is 2.90 bits per heavy atom. The SMILES string of the molecule is CC1CCCCC1CNc1cc2ccccc2c(=O)[nH]1. The highest BCUT2D eigenvalue weighted by molar-refractivity contribution is 5.83. The van der Waals surface area contributed by atoms with E-state index in [-0.39, 0.29) is 5.56 Å². The van der Waals surface area contributed by atoms with Crippen LogP contribution in [-0.4, -0.2) is 11.5 Å². The standard InChI is InChI=1S/C17H22N2O/c1-12-6-2-3-8-14(12)11-18-16-10-13-7-4-5-9-15(13)17(20)19-16/h4-5,7,9-10,12,14H,2-3,6,8,11H2,1H3,(H2,18,19,20). The average Bonchev–Trinajstić information content (AvgIpc) is 2.46. The zero-order valence-electron chi connectivity index (χ0n) is 12.0. The molecular formula is C17H22N2O. The summed E-state index contributed by atoms with van der Waals surface area (Å²) in [7, 11) is 0. The predicted molar refractivity (Wildman–Crippen MR) is 84.2 cm³/mol. The first-order valence-electron chi connectivity index (χ1n) is 7.60. The molecule has 1 aliphatic rings. The number of anilines is 1. The van der Waals surface area contributed by atoms with Crippen molar-refractivity contribution in [2.45, 2.75) is 32.6 Å². The van der Waals surface area contributed by atoms with Crippen LogP contribution < -0.4 is 10.9 Å². The molecule has 0 aliphatic heterocycles. The number of pyridine rings is 1. The van der Waals surface area contributed by atoms with Crippen LogP contribution in [0.5, 0.6) is 0 Å². The molecule has 2 unspecified atom stereocenters. The van der Waals surface area contributed by atoms with Gasteiger partial charge in [0.25, 0.3) is 5.56 Å². The van der Waals surface area contributed by atoms with E-state index in [1.165, 1.54) is 25.7 Å². The molecule has 2 N–H and O–H groups in total. The van der Waals surface area contributed by atoms with E-state index < -0.39 is 0 Å². The molecule has 3 heteroatoms. The van der Waals surface area contributed by atoms with Crippen LogP contribution >= 0.6 is 0 Å². The number of H-pyrrole nitrogens is 1. The molecule has 1 aromatic heterocycles. The first kappa shape index (κ1) is 13.2. The molecule has 1 heterocycles. The number of hydrogen-bond donors (Lipinski definition) is 2. The maximum absolute atomic E-state index is 12.0. The number of hydrogen-bond acceptors (Lipinski definition) is 2. The molecule has 1 fully saturated rings. The highest BCUT2D eigenvalue weighted by atomic mass is 16.1. The minimum Gasteiger partial charge on any atom is -0.371 e. The number of aromatic nitrogens is 1. The van der Waals surface area contributed by atoms with Crippen molar-refractivity contribution in [3.05, 3.63) is 40.7 Å². The van der Waals surface area contributed by atoms with E-state index in [0.717, 1.165) is 35.0 Å².